The lowest BCUT2D eigenvalue weighted by molar-refractivity contribution is -0.161. The monoisotopic (exact) mass is 694 g/mol. The van der Waals surface area contributed by atoms with Crippen molar-refractivity contribution in [2.75, 3.05) is 13.2 Å². The van der Waals surface area contributed by atoms with Gasteiger partial charge in [0.1, 0.15) is 6.61 Å². The largest absolute Gasteiger partial charge is 0.469 e. The summed E-state index contributed by atoms with van der Waals surface area (Å²) in [6, 6.07) is 0. The van der Waals surface area contributed by atoms with Crippen LogP contribution in [0.4, 0.5) is 0 Å². The Balaban J connectivity index is 4.09. The molecule has 0 saturated carbocycles. The maximum absolute atomic E-state index is 12.3. The zero-order valence-electron chi connectivity index (χ0n) is 30.1. The van der Waals surface area contributed by atoms with Gasteiger partial charge in [0.2, 0.25) is 0 Å². The topological polar surface area (TPSA) is 119 Å². The summed E-state index contributed by atoms with van der Waals surface area (Å²) >= 11 is 0. The van der Waals surface area contributed by atoms with Gasteiger partial charge < -0.3 is 19.3 Å². The van der Waals surface area contributed by atoms with Crippen molar-refractivity contribution in [2.45, 2.75) is 161 Å². The van der Waals surface area contributed by atoms with Crippen LogP contribution in [0.25, 0.3) is 0 Å². The van der Waals surface area contributed by atoms with Crippen LogP contribution in [0.1, 0.15) is 155 Å². The summed E-state index contributed by atoms with van der Waals surface area (Å²) in [7, 11) is -4.77. The fourth-order valence-electron chi connectivity index (χ4n) is 4.77. The number of carbonyl (C=O) groups excluding carboxylic acids is 2. The van der Waals surface area contributed by atoms with Crippen molar-refractivity contribution in [1.82, 2.24) is 0 Å². The molecule has 0 amide bonds. The van der Waals surface area contributed by atoms with Crippen molar-refractivity contribution < 1.29 is 37.9 Å². The smallest absolute Gasteiger partial charge is 0.462 e. The van der Waals surface area contributed by atoms with Crippen LogP contribution in [-0.4, -0.2) is 41.0 Å². The number of hydrogen-bond donors (Lipinski definition) is 2. The van der Waals surface area contributed by atoms with E-state index in [1.54, 1.807) is 0 Å². The molecule has 9 heteroatoms. The standard InChI is InChI=1S/C39H67O8P/c1-3-5-7-9-11-13-15-17-19-21-23-25-27-29-31-33-38(40)45-35-37(36-46-48(42,43)44)47-39(41)34-32-30-28-26-24-22-20-18-16-14-12-10-8-6-4-2/h6,8,12,14,18,20,23-26,37H,3-5,7,9-11,13,15-17,19,21-22,27-36H2,1-2H3,(H2,42,43,44)/b8-6+,14-12+,20-18+,25-23+,26-24+/t37-/m1/s1. The van der Waals surface area contributed by atoms with Crippen molar-refractivity contribution >= 4 is 19.8 Å². The minimum absolute atomic E-state index is 0.153. The van der Waals surface area contributed by atoms with Gasteiger partial charge in [-0.2, -0.15) is 0 Å². The molecule has 0 spiro atoms. The first kappa shape index (κ1) is 45.8. The van der Waals surface area contributed by atoms with Gasteiger partial charge in [-0.25, -0.2) is 4.57 Å². The maximum atomic E-state index is 12.3. The van der Waals surface area contributed by atoms with Gasteiger partial charge in [0.25, 0.3) is 0 Å². The van der Waals surface area contributed by atoms with E-state index in [1.165, 1.54) is 57.8 Å². The fourth-order valence-corrected chi connectivity index (χ4v) is 5.13. The zero-order valence-corrected chi connectivity index (χ0v) is 31.0. The van der Waals surface area contributed by atoms with E-state index in [-0.39, 0.29) is 19.4 Å². The van der Waals surface area contributed by atoms with Gasteiger partial charge in [-0.05, 0) is 77.0 Å². The molecule has 276 valence electrons. The van der Waals surface area contributed by atoms with Gasteiger partial charge in [0.15, 0.2) is 6.10 Å². The van der Waals surface area contributed by atoms with Crippen molar-refractivity contribution in [2.24, 2.45) is 0 Å². The first-order valence-corrected chi connectivity index (χ1v) is 20.1. The summed E-state index contributed by atoms with van der Waals surface area (Å²) in [6.07, 6.45) is 42.3. The average Bonchev–Trinajstić information content (AvgIpc) is 3.05. The molecule has 0 aliphatic rings. The van der Waals surface area contributed by atoms with Crippen LogP contribution in [0.3, 0.4) is 0 Å². The molecule has 48 heavy (non-hydrogen) atoms. The summed E-state index contributed by atoms with van der Waals surface area (Å²) in [5.74, 6) is -0.964. The molecule has 0 aromatic carbocycles. The van der Waals surface area contributed by atoms with Gasteiger partial charge in [0.05, 0.1) is 6.61 Å². The van der Waals surface area contributed by atoms with E-state index in [9.17, 15) is 14.2 Å². The van der Waals surface area contributed by atoms with E-state index in [0.29, 0.717) is 12.8 Å². The number of phosphoric ester groups is 1. The third-order valence-corrected chi connectivity index (χ3v) is 8.01. The number of ether oxygens (including phenoxy) is 2. The second-order valence-electron chi connectivity index (χ2n) is 12.2. The summed E-state index contributed by atoms with van der Waals surface area (Å²) in [4.78, 5) is 42.6. The zero-order chi connectivity index (χ0) is 35.4. The second kappa shape index (κ2) is 34.6. The number of esters is 2. The number of hydrogen-bond acceptors (Lipinski definition) is 6. The van der Waals surface area contributed by atoms with E-state index in [1.807, 2.05) is 0 Å². The molecular weight excluding hydrogens is 627 g/mol. The SMILES string of the molecule is CC/C=C/C/C=C/C/C=C/C/C=C/CCCCC(=O)O[C@H](COC(=O)CCCC/C=C/CCCCCCCCCCC)COP(=O)(O)O. The van der Waals surface area contributed by atoms with Gasteiger partial charge in [-0.3, -0.25) is 14.1 Å². The number of unbranched alkanes of at least 4 members (excludes halogenated alkanes) is 13. The highest BCUT2D eigenvalue weighted by atomic mass is 31.2. The molecule has 0 bridgehead atoms. The minimum atomic E-state index is -4.77. The Morgan fingerprint density at radius 3 is 1.52 bits per heavy atom. The van der Waals surface area contributed by atoms with Crippen molar-refractivity contribution in [3.8, 4) is 0 Å². The van der Waals surface area contributed by atoms with Crippen LogP contribution in [0, 0.1) is 0 Å². The lowest BCUT2D eigenvalue weighted by atomic mass is 10.1. The molecule has 0 heterocycles. The van der Waals surface area contributed by atoms with Gasteiger partial charge in [0, 0.05) is 12.8 Å². The molecule has 0 fully saturated rings. The molecule has 0 saturated heterocycles. The second-order valence-corrected chi connectivity index (χ2v) is 13.4. The quantitative estimate of drug-likeness (QED) is 0.0301. The molecule has 0 unspecified atom stereocenters. The van der Waals surface area contributed by atoms with Crippen LogP contribution in [0.2, 0.25) is 0 Å². The van der Waals surface area contributed by atoms with Crippen molar-refractivity contribution in [1.29, 1.82) is 0 Å². The predicted octanol–water partition coefficient (Wildman–Crippen LogP) is 11.0. The number of allylic oxidation sites excluding steroid dienone is 10. The highest BCUT2D eigenvalue weighted by Gasteiger charge is 2.22. The average molecular weight is 695 g/mol. The number of carbonyl (C=O) groups is 2. The summed E-state index contributed by atoms with van der Waals surface area (Å²) < 4.78 is 26.2. The van der Waals surface area contributed by atoms with Gasteiger partial charge in [-0.15, -0.1) is 0 Å². The van der Waals surface area contributed by atoms with Crippen LogP contribution in [0.5, 0.6) is 0 Å². The predicted molar refractivity (Wildman–Crippen MR) is 197 cm³/mol. The molecule has 0 aliphatic carbocycles. The molecule has 2 N–H and O–H groups in total. The Bertz CT molecular complexity index is 963. The Kier molecular flexibility index (Phi) is 33.0. The molecule has 0 radical (unpaired) electrons. The first-order valence-electron chi connectivity index (χ1n) is 18.6. The normalized spacial score (nSPS) is 13.2. The molecule has 1 atom stereocenters. The van der Waals surface area contributed by atoms with E-state index < -0.39 is 32.5 Å². The van der Waals surface area contributed by atoms with E-state index >= 15 is 0 Å². The molecule has 0 rings (SSSR count). The van der Waals surface area contributed by atoms with Crippen LogP contribution < -0.4 is 0 Å². The molecular formula is C39H67O8P. The third kappa shape index (κ3) is 36.6. The Hall–Kier alpha value is -2.25. The number of phosphoric acid groups is 1. The molecule has 0 aromatic heterocycles. The maximum Gasteiger partial charge on any atom is 0.469 e. The van der Waals surface area contributed by atoms with Crippen molar-refractivity contribution in [3.63, 3.8) is 0 Å². The highest BCUT2D eigenvalue weighted by Crippen LogP contribution is 2.35. The molecule has 0 aliphatic heterocycles. The number of rotatable bonds is 33. The summed E-state index contributed by atoms with van der Waals surface area (Å²) in [5, 5.41) is 0. The van der Waals surface area contributed by atoms with E-state index in [0.717, 1.165) is 57.8 Å². The third-order valence-electron chi connectivity index (χ3n) is 7.52. The summed E-state index contributed by atoms with van der Waals surface area (Å²) in [6.45, 7) is 3.50. The van der Waals surface area contributed by atoms with Crippen LogP contribution >= 0.6 is 7.82 Å². The first-order chi connectivity index (χ1) is 23.3. The molecule has 8 nitrogen and oxygen atoms in total. The lowest BCUT2D eigenvalue weighted by Crippen LogP contribution is -2.29. The fraction of sp³-hybridized carbons (Fsp3) is 0.692. The van der Waals surface area contributed by atoms with E-state index in [4.69, 9.17) is 19.3 Å². The highest BCUT2D eigenvalue weighted by molar-refractivity contribution is 7.46. The van der Waals surface area contributed by atoms with E-state index in [2.05, 4.69) is 79.1 Å². The summed E-state index contributed by atoms with van der Waals surface area (Å²) in [5.41, 5.74) is 0. The molecule has 0 aromatic rings. The Morgan fingerprint density at radius 2 is 1.00 bits per heavy atom. The Labute approximate surface area is 292 Å². The van der Waals surface area contributed by atoms with Gasteiger partial charge >= 0.3 is 19.8 Å². The van der Waals surface area contributed by atoms with Crippen molar-refractivity contribution in [3.05, 3.63) is 60.8 Å². The van der Waals surface area contributed by atoms with Gasteiger partial charge in [-0.1, -0.05) is 126 Å². The minimum Gasteiger partial charge on any atom is -0.462 e. The lowest BCUT2D eigenvalue weighted by Gasteiger charge is -2.18. The Morgan fingerprint density at radius 1 is 0.562 bits per heavy atom. The van der Waals surface area contributed by atoms with Crippen LogP contribution in [-0.2, 0) is 28.2 Å². The van der Waals surface area contributed by atoms with Crippen LogP contribution in [0.15, 0.2) is 60.8 Å².